The van der Waals surface area contributed by atoms with E-state index in [0.717, 1.165) is 6.42 Å². The lowest BCUT2D eigenvalue weighted by molar-refractivity contribution is -0.0540. The SMILES string of the molecule is CC(C)CC1[C@@H](COP(C)(=O)OC2[C@@H](COC(C)C)O[C@@H](C)[C@H]2O)O[C@@H](C)[C@H]1O. The molecule has 2 saturated heterocycles. The Morgan fingerprint density at radius 1 is 0.966 bits per heavy atom. The molecule has 9 atom stereocenters. The van der Waals surface area contributed by atoms with Gasteiger partial charge in [0.05, 0.1) is 43.7 Å². The molecule has 29 heavy (non-hydrogen) atoms. The van der Waals surface area contributed by atoms with Gasteiger partial charge in [0.15, 0.2) is 0 Å². The third kappa shape index (κ3) is 6.97. The topological polar surface area (TPSA) is 104 Å². The van der Waals surface area contributed by atoms with E-state index in [1.165, 1.54) is 6.66 Å². The van der Waals surface area contributed by atoms with Gasteiger partial charge in [-0.3, -0.25) is 9.09 Å². The highest BCUT2D eigenvalue weighted by atomic mass is 31.2. The summed E-state index contributed by atoms with van der Waals surface area (Å²) in [6.07, 6.45) is -3.16. The van der Waals surface area contributed by atoms with E-state index < -0.39 is 38.1 Å². The van der Waals surface area contributed by atoms with Crippen LogP contribution in [0.1, 0.15) is 48.0 Å². The molecule has 0 radical (unpaired) electrons. The summed E-state index contributed by atoms with van der Waals surface area (Å²) >= 11 is 0. The number of ether oxygens (including phenoxy) is 3. The average molecular weight is 438 g/mol. The lowest BCUT2D eigenvalue weighted by Gasteiger charge is -2.27. The van der Waals surface area contributed by atoms with Gasteiger partial charge in [0, 0.05) is 12.6 Å². The lowest BCUT2D eigenvalue weighted by Crippen LogP contribution is -2.37. The second-order valence-corrected chi connectivity index (χ2v) is 11.1. The highest BCUT2D eigenvalue weighted by Gasteiger charge is 2.46. The van der Waals surface area contributed by atoms with Gasteiger partial charge in [-0.15, -0.1) is 0 Å². The first-order chi connectivity index (χ1) is 13.4. The van der Waals surface area contributed by atoms with Crippen LogP contribution in [0.25, 0.3) is 0 Å². The molecule has 2 fully saturated rings. The van der Waals surface area contributed by atoms with Crippen LogP contribution < -0.4 is 0 Å². The van der Waals surface area contributed by atoms with Crippen molar-refractivity contribution in [2.75, 3.05) is 19.9 Å². The van der Waals surface area contributed by atoms with Crippen molar-refractivity contribution in [2.45, 2.75) is 96.8 Å². The van der Waals surface area contributed by atoms with Gasteiger partial charge in [-0.1, -0.05) is 13.8 Å². The van der Waals surface area contributed by atoms with E-state index in [1.54, 1.807) is 6.92 Å². The van der Waals surface area contributed by atoms with Crippen molar-refractivity contribution in [3.8, 4) is 0 Å². The summed E-state index contributed by atoms with van der Waals surface area (Å²) in [7, 11) is -3.50. The number of hydrogen-bond donors (Lipinski definition) is 2. The molecule has 0 amide bonds. The summed E-state index contributed by atoms with van der Waals surface area (Å²) in [5, 5.41) is 20.8. The fraction of sp³-hybridized carbons (Fsp3) is 1.00. The van der Waals surface area contributed by atoms with Crippen LogP contribution in [0.3, 0.4) is 0 Å². The van der Waals surface area contributed by atoms with Crippen LogP contribution in [-0.2, 0) is 27.8 Å². The van der Waals surface area contributed by atoms with E-state index >= 15 is 0 Å². The summed E-state index contributed by atoms with van der Waals surface area (Å²) in [4.78, 5) is 0. The maximum atomic E-state index is 13.0. The third-order valence-corrected chi connectivity index (χ3v) is 6.73. The monoisotopic (exact) mass is 438 g/mol. The van der Waals surface area contributed by atoms with E-state index in [4.69, 9.17) is 23.3 Å². The number of aliphatic hydroxyl groups excluding tert-OH is 2. The Hall–Kier alpha value is -0.0500. The van der Waals surface area contributed by atoms with Crippen LogP contribution in [0.2, 0.25) is 0 Å². The molecule has 2 N–H and O–H groups in total. The molecule has 172 valence electrons. The standard InChI is InChI=1S/C20H39O8P/c1-11(2)8-15-16(26-13(5)18(15)21)10-25-29(7,23)28-20-17(9-24-12(3)4)27-14(6)19(20)22/h11-22H,8-10H2,1-7H3/t13-,14-,15?,16+,17+,18+,19+,20?,29?/m0/s1. The van der Waals surface area contributed by atoms with Crippen molar-refractivity contribution in [1.29, 1.82) is 0 Å². The third-order valence-electron chi connectivity index (χ3n) is 5.48. The Kier molecular flexibility index (Phi) is 9.14. The number of rotatable bonds is 10. The predicted octanol–water partition coefficient (Wildman–Crippen LogP) is 2.59. The maximum absolute atomic E-state index is 13.0. The molecule has 2 aliphatic heterocycles. The van der Waals surface area contributed by atoms with E-state index in [9.17, 15) is 14.8 Å². The van der Waals surface area contributed by atoms with Crippen molar-refractivity contribution < 1.29 is 38.0 Å². The molecule has 9 heteroatoms. The van der Waals surface area contributed by atoms with Crippen LogP contribution >= 0.6 is 7.60 Å². The first kappa shape index (κ1) is 25.2. The summed E-state index contributed by atoms with van der Waals surface area (Å²) in [5.74, 6) is 0.308. The van der Waals surface area contributed by atoms with E-state index in [-0.39, 0.29) is 37.4 Å². The van der Waals surface area contributed by atoms with Crippen LogP contribution in [0.5, 0.6) is 0 Å². The molecule has 0 spiro atoms. The fourth-order valence-electron chi connectivity index (χ4n) is 3.96. The van der Waals surface area contributed by atoms with Gasteiger partial charge < -0.3 is 28.9 Å². The lowest BCUT2D eigenvalue weighted by atomic mass is 9.88. The van der Waals surface area contributed by atoms with E-state index in [0.29, 0.717) is 5.92 Å². The van der Waals surface area contributed by atoms with Crippen molar-refractivity contribution in [1.82, 2.24) is 0 Å². The summed E-state index contributed by atoms with van der Waals surface area (Å²) in [5.41, 5.74) is 0. The second-order valence-electron chi connectivity index (χ2n) is 9.05. The fourth-order valence-corrected chi connectivity index (χ4v) is 5.14. The Labute approximate surface area is 174 Å². The molecule has 8 nitrogen and oxygen atoms in total. The maximum Gasteiger partial charge on any atom is 0.328 e. The van der Waals surface area contributed by atoms with E-state index in [2.05, 4.69) is 13.8 Å². The van der Waals surface area contributed by atoms with Gasteiger partial charge in [0.1, 0.15) is 18.3 Å². The highest BCUT2D eigenvalue weighted by Crippen LogP contribution is 2.49. The highest BCUT2D eigenvalue weighted by molar-refractivity contribution is 7.53. The summed E-state index contributed by atoms with van der Waals surface area (Å²) in [6.45, 7) is 13.2. The van der Waals surface area contributed by atoms with Crippen molar-refractivity contribution >= 4 is 7.60 Å². The Morgan fingerprint density at radius 2 is 1.55 bits per heavy atom. The molecular formula is C20H39O8P. The minimum absolute atomic E-state index is 0.00260. The summed E-state index contributed by atoms with van der Waals surface area (Å²) in [6, 6.07) is 0. The normalized spacial score (nSPS) is 40.1. The largest absolute Gasteiger partial charge is 0.390 e. The number of hydrogen-bond acceptors (Lipinski definition) is 8. The van der Waals surface area contributed by atoms with Crippen LogP contribution in [0.15, 0.2) is 0 Å². The zero-order valence-electron chi connectivity index (χ0n) is 18.7. The molecule has 2 heterocycles. The van der Waals surface area contributed by atoms with Crippen LogP contribution in [0.4, 0.5) is 0 Å². The molecule has 0 aromatic heterocycles. The zero-order chi connectivity index (χ0) is 21.9. The molecule has 0 bridgehead atoms. The first-order valence-corrected chi connectivity index (χ1v) is 12.6. The molecule has 0 aromatic rings. The van der Waals surface area contributed by atoms with Gasteiger partial charge in [-0.2, -0.15) is 0 Å². The van der Waals surface area contributed by atoms with Crippen molar-refractivity contribution in [3.63, 3.8) is 0 Å². The Morgan fingerprint density at radius 3 is 2.14 bits per heavy atom. The average Bonchev–Trinajstić information content (AvgIpc) is 3.02. The molecule has 0 saturated carbocycles. The zero-order valence-corrected chi connectivity index (χ0v) is 19.6. The molecule has 2 rings (SSSR count). The minimum Gasteiger partial charge on any atom is -0.390 e. The molecule has 3 unspecified atom stereocenters. The van der Waals surface area contributed by atoms with Crippen LogP contribution in [-0.4, -0.2) is 78.9 Å². The molecule has 0 aromatic carbocycles. The Bertz CT molecular complexity index is 557. The molecular weight excluding hydrogens is 399 g/mol. The van der Waals surface area contributed by atoms with Crippen molar-refractivity contribution in [3.05, 3.63) is 0 Å². The smallest absolute Gasteiger partial charge is 0.328 e. The Balaban J connectivity index is 1.96. The first-order valence-electron chi connectivity index (χ1n) is 10.6. The molecule has 0 aliphatic carbocycles. The minimum atomic E-state index is -3.50. The van der Waals surface area contributed by atoms with Gasteiger partial charge in [-0.05, 0) is 40.0 Å². The molecule has 2 aliphatic rings. The van der Waals surface area contributed by atoms with Gasteiger partial charge in [0.25, 0.3) is 0 Å². The second kappa shape index (κ2) is 10.5. The van der Waals surface area contributed by atoms with Gasteiger partial charge in [-0.25, -0.2) is 0 Å². The van der Waals surface area contributed by atoms with Crippen LogP contribution in [0, 0.1) is 11.8 Å². The van der Waals surface area contributed by atoms with E-state index in [1.807, 2.05) is 20.8 Å². The van der Waals surface area contributed by atoms with Gasteiger partial charge in [0.2, 0.25) is 0 Å². The van der Waals surface area contributed by atoms with Gasteiger partial charge >= 0.3 is 7.60 Å². The summed E-state index contributed by atoms with van der Waals surface area (Å²) < 4.78 is 41.5. The van der Waals surface area contributed by atoms with Crippen molar-refractivity contribution in [2.24, 2.45) is 11.8 Å². The quantitative estimate of drug-likeness (QED) is 0.502. The number of aliphatic hydroxyl groups is 2. The predicted molar refractivity (Wildman–Crippen MR) is 109 cm³/mol.